The van der Waals surface area contributed by atoms with E-state index in [-0.39, 0.29) is 18.9 Å². The molecule has 0 aliphatic carbocycles. The van der Waals surface area contributed by atoms with Crippen molar-refractivity contribution >= 4 is 22.8 Å². The molecule has 1 fully saturated rings. The lowest BCUT2D eigenvalue weighted by molar-refractivity contribution is -0.145. The van der Waals surface area contributed by atoms with Gasteiger partial charge in [0.15, 0.2) is 0 Å². The number of aromatic amines is 1. The average Bonchev–Trinajstić information content (AvgIpc) is 2.61. The first-order chi connectivity index (χ1) is 12.0. The van der Waals surface area contributed by atoms with Crippen LogP contribution in [0, 0.1) is 5.92 Å². The van der Waals surface area contributed by atoms with Gasteiger partial charge in [-0.05, 0) is 25.0 Å². The van der Waals surface area contributed by atoms with Crippen LogP contribution in [0.2, 0.25) is 0 Å². The van der Waals surface area contributed by atoms with Crippen LogP contribution in [0.4, 0.5) is 0 Å². The quantitative estimate of drug-likeness (QED) is 0.833. The monoisotopic (exact) mass is 345 g/mol. The number of hydrogen-bond acceptors (Lipinski definition) is 4. The molecule has 0 spiro atoms. The highest BCUT2D eigenvalue weighted by Gasteiger charge is 2.26. The number of carboxylic acid groups (broad SMARTS) is 1. The maximum Gasteiger partial charge on any atom is 0.328 e. The van der Waals surface area contributed by atoms with Gasteiger partial charge < -0.3 is 10.0 Å². The van der Waals surface area contributed by atoms with E-state index in [1.54, 1.807) is 29.2 Å². The molecule has 25 heavy (non-hydrogen) atoms. The van der Waals surface area contributed by atoms with Crippen LogP contribution in [0.15, 0.2) is 33.9 Å². The van der Waals surface area contributed by atoms with Crippen molar-refractivity contribution in [3.8, 4) is 0 Å². The third kappa shape index (κ3) is 3.47. The number of fused-ring (bicyclic) bond motifs is 1. The van der Waals surface area contributed by atoms with Crippen LogP contribution in [0.25, 0.3) is 10.9 Å². The van der Waals surface area contributed by atoms with Crippen molar-refractivity contribution in [2.24, 2.45) is 5.92 Å². The Morgan fingerprint density at radius 1 is 1.16 bits per heavy atom. The number of aliphatic carboxylic acids is 1. The molecule has 1 aromatic carbocycles. The maximum absolute atomic E-state index is 12.4. The number of amides is 1. The van der Waals surface area contributed by atoms with E-state index in [4.69, 9.17) is 5.11 Å². The van der Waals surface area contributed by atoms with Crippen LogP contribution < -0.4 is 11.2 Å². The summed E-state index contributed by atoms with van der Waals surface area (Å²) in [5.74, 6) is -1.33. The Balaban J connectivity index is 1.71. The summed E-state index contributed by atoms with van der Waals surface area (Å²) in [5.41, 5.74) is -0.492. The van der Waals surface area contributed by atoms with Gasteiger partial charge in [-0.2, -0.15) is 0 Å². The molecule has 1 aromatic heterocycles. The van der Waals surface area contributed by atoms with Gasteiger partial charge in [0.2, 0.25) is 5.91 Å². The number of likely N-dealkylation sites (tertiary alicyclic amines) is 1. The van der Waals surface area contributed by atoms with E-state index in [1.165, 1.54) is 4.57 Å². The lowest BCUT2D eigenvalue weighted by atomic mass is 9.97. The van der Waals surface area contributed by atoms with Crippen molar-refractivity contribution in [3.05, 3.63) is 45.1 Å². The molecule has 1 aliphatic rings. The van der Waals surface area contributed by atoms with Crippen molar-refractivity contribution < 1.29 is 14.7 Å². The van der Waals surface area contributed by atoms with E-state index < -0.39 is 23.1 Å². The van der Waals surface area contributed by atoms with Gasteiger partial charge in [-0.25, -0.2) is 4.79 Å². The Kier molecular flexibility index (Phi) is 4.69. The SMILES string of the molecule is O=C(O)C1CCN(C(=O)CCn2c(=O)[nH]c(=O)c3ccccc32)CC1. The number of benzene rings is 1. The fourth-order valence-corrected chi connectivity index (χ4v) is 3.21. The Morgan fingerprint density at radius 3 is 2.52 bits per heavy atom. The molecule has 1 aliphatic heterocycles. The molecule has 1 saturated heterocycles. The molecular formula is C17H19N3O5. The van der Waals surface area contributed by atoms with Gasteiger partial charge in [-0.1, -0.05) is 12.1 Å². The topological polar surface area (TPSA) is 112 Å². The van der Waals surface area contributed by atoms with E-state index >= 15 is 0 Å². The molecule has 2 aromatic rings. The normalized spacial score (nSPS) is 15.4. The van der Waals surface area contributed by atoms with Gasteiger partial charge >= 0.3 is 11.7 Å². The number of carboxylic acids is 1. The highest BCUT2D eigenvalue weighted by atomic mass is 16.4. The molecule has 132 valence electrons. The second-order valence-electron chi connectivity index (χ2n) is 6.17. The zero-order valence-electron chi connectivity index (χ0n) is 13.6. The van der Waals surface area contributed by atoms with Crippen molar-refractivity contribution in [1.29, 1.82) is 0 Å². The Labute approximate surface area is 142 Å². The highest BCUT2D eigenvalue weighted by Crippen LogP contribution is 2.18. The number of nitrogens with one attached hydrogen (secondary N) is 1. The van der Waals surface area contributed by atoms with Crippen LogP contribution in [-0.2, 0) is 16.1 Å². The van der Waals surface area contributed by atoms with E-state index in [9.17, 15) is 19.2 Å². The Bertz CT molecular complexity index is 922. The summed E-state index contributed by atoms with van der Waals surface area (Å²) in [6.45, 7) is 0.988. The zero-order chi connectivity index (χ0) is 18.0. The average molecular weight is 345 g/mol. The van der Waals surface area contributed by atoms with Crippen molar-refractivity contribution in [1.82, 2.24) is 14.5 Å². The van der Waals surface area contributed by atoms with Gasteiger partial charge in [0, 0.05) is 26.1 Å². The van der Waals surface area contributed by atoms with Crippen molar-refractivity contribution in [3.63, 3.8) is 0 Å². The second-order valence-corrected chi connectivity index (χ2v) is 6.17. The minimum atomic E-state index is -0.821. The Hall–Kier alpha value is -2.90. The first kappa shape index (κ1) is 16.9. The van der Waals surface area contributed by atoms with Gasteiger partial charge in [-0.3, -0.25) is 23.9 Å². The molecule has 0 bridgehead atoms. The molecular weight excluding hydrogens is 326 g/mol. The van der Waals surface area contributed by atoms with Crippen molar-refractivity contribution in [2.45, 2.75) is 25.8 Å². The minimum absolute atomic E-state index is 0.119. The summed E-state index contributed by atoms with van der Waals surface area (Å²) in [6, 6.07) is 6.75. The largest absolute Gasteiger partial charge is 0.481 e. The Morgan fingerprint density at radius 2 is 1.84 bits per heavy atom. The summed E-state index contributed by atoms with van der Waals surface area (Å²) in [4.78, 5) is 51.1. The molecule has 8 nitrogen and oxygen atoms in total. The van der Waals surface area contributed by atoms with Gasteiger partial charge in [0.05, 0.1) is 16.8 Å². The number of carbonyl (C=O) groups is 2. The molecule has 0 unspecified atom stereocenters. The lowest BCUT2D eigenvalue weighted by Crippen LogP contribution is -2.41. The number of carbonyl (C=O) groups excluding carboxylic acids is 1. The predicted molar refractivity (Wildman–Crippen MR) is 90.4 cm³/mol. The van der Waals surface area contributed by atoms with E-state index in [1.807, 2.05) is 0 Å². The molecule has 1 amide bonds. The molecule has 0 atom stereocenters. The fraction of sp³-hybridized carbons (Fsp3) is 0.412. The minimum Gasteiger partial charge on any atom is -0.481 e. The number of hydrogen-bond donors (Lipinski definition) is 2. The van der Waals surface area contributed by atoms with Crippen LogP contribution in [0.5, 0.6) is 0 Å². The van der Waals surface area contributed by atoms with E-state index in [0.29, 0.717) is 36.8 Å². The second kappa shape index (κ2) is 6.92. The molecule has 8 heteroatoms. The molecule has 0 saturated carbocycles. The van der Waals surface area contributed by atoms with E-state index in [2.05, 4.69) is 4.98 Å². The van der Waals surface area contributed by atoms with Gasteiger partial charge in [-0.15, -0.1) is 0 Å². The van der Waals surface area contributed by atoms with Crippen LogP contribution >= 0.6 is 0 Å². The number of piperidine rings is 1. The molecule has 3 rings (SSSR count). The smallest absolute Gasteiger partial charge is 0.328 e. The van der Waals surface area contributed by atoms with E-state index in [0.717, 1.165) is 0 Å². The number of para-hydroxylation sites is 1. The van der Waals surface area contributed by atoms with Crippen molar-refractivity contribution in [2.75, 3.05) is 13.1 Å². The number of H-pyrrole nitrogens is 1. The first-order valence-corrected chi connectivity index (χ1v) is 8.20. The highest BCUT2D eigenvalue weighted by molar-refractivity contribution is 5.79. The molecule has 2 N–H and O–H groups in total. The van der Waals surface area contributed by atoms with Gasteiger partial charge in [0.25, 0.3) is 5.56 Å². The lowest BCUT2D eigenvalue weighted by Gasteiger charge is -2.30. The summed E-state index contributed by atoms with van der Waals surface area (Å²) in [5, 5.41) is 9.40. The van der Waals surface area contributed by atoms with Crippen LogP contribution in [-0.4, -0.2) is 44.5 Å². The number of aryl methyl sites for hydroxylation is 1. The van der Waals surface area contributed by atoms with Gasteiger partial charge in [0.1, 0.15) is 0 Å². The first-order valence-electron chi connectivity index (χ1n) is 8.20. The predicted octanol–water partition coefficient (Wildman–Crippen LogP) is 0.403. The third-order valence-corrected chi connectivity index (χ3v) is 4.65. The number of aromatic nitrogens is 2. The number of nitrogens with zero attached hydrogens (tertiary/aromatic N) is 2. The summed E-state index contributed by atoms with van der Waals surface area (Å²) in [6.07, 6.45) is 1.01. The third-order valence-electron chi connectivity index (χ3n) is 4.65. The summed E-state index contributed by atoms with van der Waals surface area (Å²) >= 11 is 0. The van der Waals surface area contributed by atoms with Crippen LogP contribution in [0.1, 0.15) is 19.3 Å². The zero-order valence-corrected chi connectivity index (χ0v) is 13.6. The summed E-state index contributed by atoms with van der Waals surface area (Å²) in [7, 11) is 0. The summed E-state index contributed by atoms with van der Waals surface area (Å²) < 4.78 is 1.39. The standard InChI is InChI=1S/C17H19N3O5/c21-14(19-8-5-11(6-9-19)16(23)24)7-10-20-13-4-2-1-3-12(13)15(22)18-17(20)25/h1-4,11H,5-10H2,(H,23,24)(H,18,22,25). The molecule has 0 radical (unpaired) electrons. The fourth-order valence-electron chi connectivity index (χ4n) is 3.21. The maximum atomic E-state index is 12.4. The molecule has 2 heterocycles. The van der Waals surface area contributed by atoms with Crippen LogP contribution in [0.3, 0.4) is 0 Å². The number of rotatable bonds is 4.